The molecule has 33 heavy (non-hydrogen) atoms. The van der Waals surface area contributed by atoms with E-state index >= 15 is 0 Å². The fourth-order valence-electron chi connectivity index (χ4n) is 5.24. The van der Waals surface area contributed by atoms with E-state index in [0.717, 1.165) is 51.6 Å². The van der Waals surface area contributed by atoms with Crippen LogP contribution in [0.15, 0.2) is 79.4 Å². The molecular weight excluding hydrogens is 408 g/mol. The molecule has 0 spiro atoms. The highest BCUT2D eigenvalue weighted by Gasteiger charge is 2.33. The molecule has 1 fully saturated rings. The maximum atomic E-state index is 6.01. The summed E-state index contributed by atoms with van der Waals surface area (Å²) in [5.41, 5.74) is 7.22. The van der Waals surface area contributed by atoms with Crippen molar-refractivity contribution in [3.05, 3.63) is 84.9 Å². The van der Waals surface area contributed by atoms with Gasteiger partial charge in [-0.3, -0.25) is 4.98 Å². The summed E-state index contributed by atoms with van der Waals surface area (Å²) in [5, 5.41) is 5.72. The zero-order valence-corrected chi connectivity index (χ0v) is 18.7. The normalized spacial score (nSPS) is 15.8. The summed E-state index contributed by atoms with van der Waals surface area (Å²) < 4.78 is 7.88. The van der Waals surface area contributed by atoms with Crippen molar-refractivity contribution in [2.75, 3.05) is 7.11 Å². The first-order chi connectivity index (χ1) is 16.3. The Kier molecular flexibility index (Phi) is 4.92. The third-order valence-corrected chi connectivity index (χ3v) is 7.09. The van der Waals surface area contributed by atoms with Gasteiger partial charge in [0.05, 0.1) is 17.3 Å². The van der Waals surface area contributed by atoms with Crippen molar-refractivity contribution in [1.29, 1.82) is 0 Å². The van der Waals surface area contributed by atoms with Crippen LogP contribution in [-0.4, -0.2) is 26.7 Å². The van der Waals surface area contributed by atoms with Gasteiger partial charge in [0.1, 0.15) is 0 Å². The standard InChI is InChI=1S/C28H26N4O/c1-33-28(14-5-2-6-15-28)22-11-9-20(10-12-22)21-17-30-27-25(18-31-32(27)19-21)23-13-16-29-26-8-4-3-7-24(23)26/h3-4,7-13,16-19H,2,5-6,14-15H2,1H3. The first kappa shape index (κ1) is 20.1. The fraction of sp³-hybridized carbons (Fsp3) is 0.250. The summed E-state index contributed by atoms with van der Waals surface area (Å²) >= 11 is 0. The molecule has 2 aromatic carbocycles. The van der Waals surface area contributed by atoms with Crippen molar-refractivity contribution in [3.8, 4) is 22.3 Å². The smallest absolute Gasteiger partial charge is 0.162 e. The number of aromatic nitrogens is 4. The number of nitrogens with zero attached hydrogens (tertiary/aromatic N) is 4. The number of benzene rings is 2. The van der Waals surface area contributed by atoms with Crippen LogP contribution < -0.4 is 0 Å². The molecule has 164 valence electrons. The molecule has 0 radical (unpaired) electrons. The molecule has 5 nitrogen and oxygen atoms in total. The number of ether oxygens (including phenoxy) is 1. The molecule has 5 heteroatoms. The van der Waals surface area contributed by atoms with Gasteiger partial charge in [-0.2, -0.15) is 5.10 Å². The van der Waals surface area contributed by atoms with Gasteiger partial charge in [-0.15, -0.1) is 0 Å². The number of pyridine rings is 1. The number of para-hydroxylation sites is 1. The Morgan fingerprint density at radius 1 is 0.818 bits per heavy atom. The maximum absolute atomic E-state index is 6.01. The lowest BCUT2D eigenvalue weighted by molar-refractivity contribution is -0.0445. The van der Waals surface area contributed by atoms with Crippen LogP contribution in [0.5, 0.6) is 0 Å². The van der Waals surface area contributed by atoms with E-state index in [9.17, 15) is 0 Å². The molecule has 3 heterocycles. The van der Waals surface area contributed by atoms with Gasteiger partial charge in [0.15, 0.2) is 5.65 Å². The molecule has 0 N–H and O–H groups in total. The molecule has 5 aromatic rings. The predicted octanol–water partition coefficient (Wildman–Crippen LogP) is 6.42. The quantitative estimate of drug-likeness (QED) is 0.328. The van der Waals surface area contributed by atoms with Gasteiger partial charge < -0.3 is 4.74 Å². The van der Waals surface area contributed by atoms with E-state index in [0.29, 0.717) is 0 Å². The summed E-state index contributed by atoms with van der Waals surface area (Å²) in [6.07, 6.45) is 13.7. The molecule has 3 aromatic heterocycles. The monoisotopic (exact) mass is 434 g/mol. The third kappa shape index (κ3) is 3.40. The van der Waals surface area contributed by atoms with Gasteiger partial charge in [0.2, 0.25) is 0 Å². The van der Waals surface area contributed by atoms with Crippen molar-refractivity contribution in [1.82, 2.24) is 19.6 Å². The Morgan fingerprint density at radius 2 is 1.64 bits per heavy atom. The lowest BCUT2D eigenvalue weighted by Gasteiger charge is -2.36. The Bertz CT molecular complexity index is 1430. The molecule has 1 aliphatic rings. The van der Waals surface area contributed by atoms with Crippen molar-refractivity contribution in [3.63, 3.8) is 0 Å². The predicted molar refractivity (Wildman–Crippen MR) is 131 cm³/mol. The highest BCUT2D eigenvalue weighted by Crippen LogP contribution is 2.40. The zero-order valence-electron chi connectivity index (χ0n) is 18.7. The van der Waals surface area contributed by atoms with Gasteiger partial charge in [-0.1, -0.05) is 61.7 Å². The summed E-state index contributed by atoms with van der Waals surface area (Å²) in [6, 6.07) is 19.0. The topological polar surface area (TPSA) is 52.3 Å². The second-order valence-electron chi connectivity index (χ2n) is 8.88. The van der Waals surface area contributed by atoms with E-state index < -0.39 is 0 Å². The van der Waals surface area contributed by atoms with Crippen molar-refractivity contribution >= 4 is 16.6 Å². The van der Waals surface area contributed by atoms with E-state index in [2.05, 4.69) is 46.6 Å². The van der Waals surface area contributed by atoms with Crippen LogP contribution in [0.3, 0.4) is 0 Å². The number of fused-ring (bicyclic) bond motifs is 2. The molecule has 0 unspecified atom stereocenters. The van der Waals surface area contributed by atoms with Gasteiger partial charge in [-0.25, -0.2) is 9.50 Å². The minimum atomic E-state index is -0.136. The average Bonchev–Trinajstić information content (AvgIpc) is 3.32. The Labute approximate surface area is 193 Å². The molecule has 0 bridgehead atoms. The summed E-state index contributed by atoms with van der Waals surface area (Å²) in [6.45, 7) is 0. The van der Waals surface area contributed by atoms with E-state index in [-0.39, 0.29) is 5.60 Å². The minimum Gasteiger partial charge on any atom is -0.374 e. The number of rotatable bonds is 4. The van der Waals surface area contributed by atoms with E-state index in [1.807, 2.05) is 54.5 Å². The molecule has 6 rings (SSSR count). The molecular formula is C28H26N4O. The van der Waals surface area contributed by atoms with Gasteiger partial charge in [0, 0.05) is 42.2 Å². The Morgan fingerprint density at radius 3 is 2.45 bits per heavy atom. The van der Waals surface area contributed by atoms with Crippen LogP contribution in [0.25, 0.3) is 38.8 Å². The summed E-state index contributed by atoms with van der Waals surface area (Å²) in [7, 11) is 1.85. The lowest BCUT2D eigenvalue weighted by atomic mass is 9.79. The van der Waals surface area contributed by atoms with E-state index in [1.165, 1.54) is 24.8 Å². The number of methoxy groups -OCH3 is 1. The van der Waals surface area contributed by atoms with Crippen LogP contribution in [-0.2, 0) is 10.3 Å². The van der Waals surface area contributed by atoms with Crippen molar-refractivity contribution in [2.45, 2.75) is 37.7 Å². The van der Waals surface area contributed by atoms with Gasteiger partial charge in [-0.05, 0) is 41.7 Å². The third-order valence-electron chi connectivity index (χ3n) is 7.09. The Hall–Kier alpha value is -3.57. The number of hydrogen-bond donors (Lipinski definition) is 0. The summed E-state index contributed by atoms with van der Waals surface area (Å²) in [5.74, 6) is 0. The van der Waals surface area contributed by atoms with Crippen LogP contribution >= 0.6 is 0 Å². The highest BCUT2D eigenvalue weighted by atomic mass is 16.5. The van der Waals surface area contributed by atoms with Gasteiger partial charge >= 0.3 is 0 Å². The Balaban J connectivity index is 1.36. The van der Waals surface area contributed by atoms with Crippen LogP contribution in [0.2, 0.25) is 0 Å². The lowest BCUT2D eigenvalue weighted by Crippen LogP contribution is -2.30. The molecule has 0 amide bonds. The molecule has 1 saturated carbocycles. The molecule has 0 saturated heterocycles. The highest BCUT2D eigenvalue weighted by molar-refractivity contribution is 5.97. The SMILES string of the molecule is COC1(c2ccc(-c3cnc4c(-c5ccnc6ccccc56)cnn4c3)cc2)CCCCC1. The summed E-state index contributed by atoms with van der Waals surface area (Å²) in [4.78, 5) is 9.28. The average molecular weight is 435 g/mol. The first-order valence-electron chi connectivity index (χ1n) is 11.6. The zero-order chi connectivity index (χ0) is 22.3. The van der Waals surface area contributed by atoms with Crippen LogP contribution in [0, 0.1) is 0 Å². The van der Waals surface area contributed by atoms with Crippen LogP contribution in [0.1, 0.15) is 37.7 Å². The fourth-order valence-corrected chi connectivity index (χ4v) is 5.24. The first-order valence-corrected chi connectivity index (χ1v) is 11.6. The molecule has 0 atom stereocenters. The molecule has 1 aliphatic carbocycles. The minimum absolute atomic E-state index is 0.136. The van der Waals surface area contributed by atoms with E-state index in [4.69, 9.17) is 9.72 Å². The van der Waals surface area contributed by atoms with E-state index in [1.54, 1.807) is 0 Å². The van der Waals surface area contributed by atoms with Gasteiger partial charge in [0.25, 0.3) is 0 Å². The molecule has 0 aliphatic heterocycles. The van der Waals surface area contributed by atoms with Crippen molar-refractivity contribution < 1.29 is 4.74 Å². The van der Waals surface area contributed by atoms with Crippen LogP contribution in [0.4, 0.5) is 0 Å². The van der Waals surface area contributed by atoms with Crippen molar-refractivity contribution in [2.24, 2.45) is 0 Å². The maximum Gasteiger partial charge on any atom is 0.162 e. The number of hydrogen-bond acceptors (Lipinski definition) is 4. The largest absolute Gasteiger partial charge is 0.374 e. The second kappa shape index (κ2) is 8.09. The second-order valence-corrected chi connectivity index (χ2v) is 8.88.